The molecule has 2 heterocycles. The van der Waals surface area contributed by atoms with Gasteiger partial charge >= 0.3 is 0 Å². The molecule has 1 unspecified atom stereocenters. The highest BCUT2D eigenvalue weighted by atomic mass is 79.9. The number of halogens is 2. The Balaban J connectivity index is 1.60. The first-order valence-corrected chi connectivity index (χ1v) is 9.27. The zero-order valence-electron chi connectivity index (χ0n) is 15.3. The van der Waals surface area contributed by atoms with Crippen LogP contribution in [0.25, 0.3) is 0 Å². The fraction of sp³-hybridized carbons (Fsp3) is 0.333. The molecule has 9 heteroatoms. The number of nitrogens with zero attached hydrogens (tertiary/aromatic N) is 5. The van der Waals surface area contributed by atoms with E-state index in [1.165, 1.54) is 18.5 Å². The van der Waals surface area contributed by atoms with Crippen molar-refractivity contribution in [2.24, 2.45) is 5.92 Å². The second-order valence-electron chi connectivity index (χ2n) is 6.45. The van der Waals surface area contributed by atoms with Crippen molar-refractivity contribution in [1.29, 1.82) is 0 Å². The minimum Gasteiger partial charge on any atom is -0.293 e. The zero-order chi connectivity index (χ0) is 19.6. The molecule has 142 valence electrons. The van der Waals surface area contributed by atoms with Crippen molar-refractivity contribution in [3.8, 4) is 0 Å². The van der Waals surface area contributed by atoms with Gasteiger partial charge in [-0.2, -0.15) is 5.10 Å². The third-order valence-electron chi connectivity index (χ3n) is 4.19. The highest BCUT2D eigenvalue weighted by molar-refractivity contribution is 9.10. The Kier molecular flexibility index (Phi) is 5.69. The number of aryl methyl sites for hydroxylation is 1. The highest BCUT2D eigenvalue weighted by Crippen LogP contribution is 2.20. The number of benzene rings is 1. The van der Waals surface area contributed by atoms with Gasteiger partial charge in [-0.25, -0.2) is 14.1 Å². The Morgan fingerprint density at radius 3 is 2.78 bits per heavy atom. The second-order valence-corrected chi connectivity index (χ2v) is 7.25. The smallest absolute Gasteiger partial charge is 0.248 e. The molecule has 0 radical (unpaired) electrons. The van der Waals surface area contributed by atoms with E-state index in [4.69, 9.17) is 0 Å². The van der Waals surface area contributed by atoms with Crippen molar-refractivity contribution in [1.82, 2.24) is 24.5 Å². The SMILES string of the molecule is Cc1nn(CC(C)C(=O)Nc2ncn(Cc3cccc(F)c3)n2)c(C)c1Br. The Hall–Kier alpha value is -2.55. The third kappa shape index (κ3) is 4.60. The first-order valence-electron chi connectivity index (χ1n) is 8.47. The third-order valence-corrected chi connectivity index (χ3v) is 5.34. The molecule has 0 fully saturated rings. The van der Waals surface area contributed by atoms with Gasteiger partial charge in [0, 0.05) is 5.69 Å². The molecule has 0 aliphatic rings. The van der Waals surface area contributed by atoms with E-state index in [0.29, 0.717) is 13.1 Å². The van der Waals surface area contributed by atoms with Gasteiger partial charge in [0.05, 0.1) is 29.2 Å². The number of rotatable bonds is 6. The predicted octanol–water partition coefficient (Wildman–Crippen LogP) is 3.32. The molecular formula is C18H20BrFN6O. The molecule has 0 bridgehead atoms. The average molecular weight is 435 g/mol. The maximum absolute atomic E-state index is 13.3. The van der Waals surface area contributed by atoms with E-state index in [9.17, 15) is 9.18 Å². The van der Waals surface area contributed by atoms with Gasteiger partial charge in [0.2, 0.25) is 11.9 Å². The van der Waals surface area contributed by atoms with E-state index in [0.717, 1.165) is 21.4 Å². The summed E-state index contributed by atoms with van der Waals surface area (Å²) < 4.78 is 17.6. The molecule has 0 saturated carbocycles. The zero-order valence-corrected chi connectivity index (χ0v) is 16.9. The van der Waals surface area contributed by atoms with Crippen molar-refractivity contribution < 1.29 is 9.18 Å². The van der Waals surface area contributed by atoms with Crippen molar-refractivity contribution in [3.05, 3.63) is 57.8 Å². The summed E-state index contributed by atoms with van der Waals surface area (Å²) in [6.07, 6.45) is 1.50. The molecule has 2 aromatic heterocycles. The highest BCUT2D eigenvalue weighted by Gasteiger charge is 2.18. The number of anilines is 1. The van der Waals surface area contributed by atoms with E-state index in [-0.39, 0.29) is 23.6 Å². The largest absolute Gasteiger partial charge is 0.293 e. The summed E-state index contributed by atoms with van der Waals surface area (Å²) in [6.45, 7) is 6.51. The Morgan fingerprint density at radius 1 is 1.33 bits per heavy atom. The van der Waals surface area contributed by atoms with Crippen LogP contribution in [0.4, 0.5) is 10.3 Å². The molecule has 0 saturated heterocycles. The summed E-state index contributed by atoms with van der Waals surface area (Å²) in [6, 6.07) is 6.27. The maximum atomic E-state index is 13.3. The van der Waals surface area contributed by atoms with Crippen molar-refractivity contribution in [2.45, 2.75) is 33.9 Å². The fourth-order valence-electron chi connectivity index (χ4n) is 2.68. The Bertz CT molecular complexity index is 967. The van der Waals surface area contributed by atoms with Gasteiger partial charge in [0.15, 0.2) is 0 Å². The van der Waals surface area contributed by atoms with Gasteiger partial charge in [0.1, 0.15) is 12.1 Å². The molecule has 0 spiro atoms. The molecular weight excluding hydrogens is 415 g/mol. The van der Waals surface area contributed by atoms with Crippen LogP contribution in [-0.2, 0) is 17.9 Å². The summed E-state index contributed by atoms with van der Waals surface area (Å²) in [4.78, 5) is 16.5. The van der Waals surface area contributed by atoms with E-state index in [1.807, 2.05) is 20.8 Å². The number of hydrogen-bond acceptors (Lipinski definition) is 4. The minimum atomic E-state index is -0.315. The quantitative estimate of drug-likeness (QED) is 0.645. The molecule has 0 aliphatic heterocycles. The summed E-state index contributed by atoms with van der Waals surface area (Å²) in [5, 5.41) is 11.4. The molecule has 27 heavy (non-hydrogen) atoms. The number of amides is 1. The second kappa shape index (κ2) is 7.99. The van der Waals surface area contributed by atoms with Crippen molar-refractivity contribution in [2.75, 3.05) is 5.32 Å². The summed E-state index contributed by atoms with van der Waals surface area (Å²) in [5.74, 6) is -0.587. The molecule has 0 aliphatic carbocycles. The van der Waals surface area contributed by atoms with Crippen LogP contribution in [0.15, 0.2) is 35.1 Å². The van der Waals surface area contributed by atoms with Crippen LogP contribution in [0.2, 0.25) is 0 Å². The Morgan fingerprint density at radius 2 is 2.11 bits per heavy atom. The topological polar surface area (TPSA) is 77.6 Å². The lowest BCUT2D eigenvalue weighted by molar-refractivity contribution is -0.119. The maximum Gasteiger partial charge on any atom is 0.248 e. The standard InChI is InChI=1S/C18H20BrFN6O/c1-11(8-26-13(3)16(19)12(2)23-26)17(27)22-18-21-10-25(24-18)9-14-5-4-6-15(20)7-14/h4-7,10-11H,8-9H2,1-3H3,(H,22,24,27). The summed E-state index contributed by atoms with van der Waals surface area (Å²) in [5.41, 5.74) is 2.63. The van der Waals surface area contributed by atoms with Crippen LogP contribution in [0.5, 0.6) is 0 Å². The van der Waals surface area contributed by atoms with Crippen LogP contribution in [0.3, 0.4) is 0 Å². The fourth-order valence-corrected chi connectivity index (χ4v) is 2.96. The molecule has 7 nitrogen and oxygen atoms in total. The van der Waals surface area contributed by atoms with Gasteiger partial charge in [-0.3, -0.25) is 14.8 Å². The lowest BCUT2D eigenvalue weighted by Gasteiger charge is -2.12. The van der Waals surface area contributed by atoms with Gasteiger partial charge in [-0.1, -0.05) is 19.1 Å². The number of carbonyl (C=O) groups is 1. The molecule has 1 N–H and O–H groups in total. The van der Waals surface area contributed by atoms with E-state index < -0.39 is 0 Å². The van der Waals surface area contributed by atoms with E-state index in [2.05, 4.69) is 36.4 Å². The van der Waals surface area contributed by atoms with Crippen molar-refractivity contribution >= 4 is 27.8 Å². The van der Waals surface area contributed by atoms with Crippen LogP contribution in [0, 0.1) is 25.6 Å². The monoisotopic (exact) mass is 434 g/mol. The minimum absolute atomic E-state index is 0.192. The summed E-state index contributed by atoms with van der Waals surface area (Å²) in [7, 11) is 0. The number of nitrogens with one attached hydrogen (secondary N) is 1. The lowest BCUT2D eigenvalue weighted by Crippen LogP contribution is -2.26. The summed E-state index contributed by atoms with van der Waals surface area (Å²) >= 11 is 3.48. The first-order chi connectivity index (χ1) is 12.8. The number of carbonyl (C=O) groups excluding carboxylic acids is 1. The van der Waals surface area contributed by atoms with Crippen LogP contribution < -0.4 is 5.32 Å². The number of hydrogen-bond donors (Lipinski definition) is 1. The van der Waals surface area contributed by atoms with Crippen LogP contribution in [0.1, 0.15) is 23.9 Å². The molecule has 3 aromatic rings. The Labute approximate surface area is 164 Å². The van der Waals surface area contributed by atoms with Crippen LogP contribution >= 0.6 is 15.9 Å². The first kappa shape index (κ1) is 19.2. The van der Waals surface area contributed by atoms with Gasteiger partial charge in [0.25, 0.3) is 0 Å². The van der Waals surface area contributed by atoms with Crippen molar-refractivity contribution in [3.63, 3.8) is 0 Å². The molecule has 3 rings (SSSR count). The number of aromatic nitrogens is 5. The molecule has 1 aromatic carbocycles. The van der Waals surface area contributed by atoms with E-state index in [1.54, 1.807) is 21.5 Å². The predicted molar refractivity (Wildman–Crippen MR) is 103 cm³/mol. The molecule has 1 amide bonds. The average Bonchev–Trinajstić information content (AvgIpc) is 3.15. The van der Waals surface area contributed by atoms with Gasteiger partial charge in [-0.15, -0.1) is 5.10 Å². The van der Waals surface area contributed by atoms with Gasteiger partial charge < -0.3 is 0 Å². The van der Waals surface area contributed by atoms with Gasteiger partial charge in [-0.05, 0) is 47.5 Å². The molecule has 1 atom stereocenters. The van der Waals surface area contributed by atoms with E-state index >= 15 is 0 Å². The lowest BCUT2D eigenvalue weighted by atomic mass is 10.1. The normalized spacial score (nSPS) is 12.2. The van der Waals surface area contributed by atoms with Crippen LogP contribution in [-0.4, -0.2) is 30.5 Å².